The van der Waals surface area contributed by atoms with Gasteiger partial charge in [-0.1, -0.05) is 18.2 Å². The van der Waals surface area contributed by atoms with Crippen molar-refractivity contribution >= 4 is 21.6 Å². The van der Waals surface area contributed by atoms with Gasteiger partial charge in [0.2, 0.25) is 0 Å². The molecular weight excluding hydrogens is 331 g/mol. The Morgan fingerprint density at radius 1 is 1.04 bits per heavy atom. The Labute approximate surface area is 141 Å². The van der Waals surface area contributed by atoms with E-state index in [1.807, 2.05) is 20.8 Å². The topological polar surface area (TPSA) is 75.3 Å². The lowest BCUT2D eigenvalue weighted by Gasteiger charge is -2.20. The summed E-state index contributed by atoms with van der Waals surface area (Å²) in [4.78, 5) is 12.0. The van der Waals surface area contributed by atoms with E-state index in [0.717, 1.165) is 6.07 Å². The fourth-order valence-corrected chi connectivity index (χ4v) is 3.08. The number of sulfonamides is 1. The average Bonchev–Trinajstić information content (AvgIpc) is 2.48. The van der Waals surface area contributed by atoms with E-state index in [1.54, 1.807) is 0 Å². The summed E-state index contributed by atoms with van der Waals surface area (Å²) in [6, 6.07) is 11.0. The first-order chi connectivity index (χ1) is 11.1. The molecule has 0 spiro atoms. The van der Waals surface area contributed by atoms with E-state index in [1.165, 1.54) is 42.5 Å². The van der Waals surface area contributed by atoms with Crippen molar-refractivity contribution in [1.82, 2.24) is 5.32 Å². The number of nitrogens with one attached hydrogen (secondary N) is 2. The molecule has 7 heteroatoms. The molecule has 0 aliphatic carbocycles. The van der Waals surface area contributed by atoms with Gasteiger partial charge in [-0.25, -0.2) is 12.8 Å². The molecule has 0 aliphatic rings. The minimum Gasteiger partial charge on any atom is -0.347 e. The lowest BCUT2D eigenvalue weighted by molar-refractivity contribution is 0.0919. The van der Waals surface area contributed by atoms with Crippen LogP contribution in [0.15, 0.2) is 53.4 Å². The van der Waals surface area contributed by atoms with Crippen LogP contribution in [0.4, 0.5) is 10.1 Å². The molecule has 0 heterocycles. The van der Waals surface area contributed by atoms with Gasteiger partial charge in [0.1, 0.15) is 5.82 Å². The zero-order chi connectivity index (χ0) is 18.0. The monoisotopic (exact) mass is 350 g/mol. The Morgan fingerprint density at radius 2 is 1.71 bits per heavy atom. The van der Waals surface area contributed by atoms with Crippen molar-refractivity contribution in [3.05, 3.63) is 59.9 Å². The molecule has 2 aromatic carbocycles. The fraction of sp³-hybridized carbons (Fsp3) is 0.235. The van der Waals surface area contributed by atoms with Crippen LogP contribution >= 0.6 is 0 Å². The fourth-order valence-electron chi connectivity index (χ4n) is 1.96. The van der Waals surface area contributed by atoms with Crippen LogP contribution in [0.2, 0.25) is 0 Å². The second-order valence-corrected chi connectivity index (χ2v) is 8.00. The van der Waals surface area contributed by atoms with E-state index >= 15 is 0 Å². The first-order valence-corrected chi connectivity index (χ1v) is 8.77. The summed E-state index contributed by atoms with van der Waals surface area (Å²) < 4.78 is 40.6. The van der Waals surface area contributed by atoms with Crippen LogP contribution in [-0.4, -0.2) is 19.9 Å². The summed E-state index contributed by atoms with van der Waals surface area (Å²) >= 11 is 0. The van der Waals surface area contributed by atoms with Gasteiger partial charge in [0.05, 0.1) is 10.6 Å². The van der Waals surface area contributed by atoms with Crippen LogP contribution in [0, 0.1) is 5.82 Å². The Bertz CT molecular complexity index is 858. The molecule has 24 heavy (non-hydrogen) atoms. The van der Waals surface area contributed by atoms with Gasteiger partial charge in [0, 0.05) is 11.1 Å². The van der Waals surface area contributed by atoms with Crippen LogP contribution in [-0.2, 0) is 10.0 Å². The Hall–Kier alpha value is -2.41. The molecule has 0 saturated heterocycles. The average molecular weight is 350 g/mol. The van der Waals surface area contributed by atoms with Crippen LogP contribution in [0.3, 0.4) is 0 Å². The minimum absolute atomic E-state index is 0.118. The summed E-state index contributed by atoms with van der Waals surface area (Å²) in [7, 11) is -4.01. The highest BCUT2D eigenvalue weighted by Crippen LogP contribution is 2.19. The number of halogens is 1. The maximum absolute atomic E-state index is 13.6. The Balaban J connectivity index is 2.30. The van der Waals surface area contributed by atoms with Gasteiger partial charge in [0.15, 0.2) is 0 Å². The van der Waals surface area contributed by atoms with Crippen LogP contribution in [0.25, 0.3) is 0 Å². The lowest BCUT2D eigenvalue weighted by Crippen LogP contribution is -2.40. The maximum atomic E-state index is 13.6. The van der Waals surface area contributed by atoms with E-state index in [2.05, 4.69) is 10.0 Å². The van der Waals surface area contributed by atoms with Gasteiger partial charge in [-0.15, -0.1) is 0 Å². The molecule has 0 fully saturated rings. The molecular formula is C17H19FN2O3S. The first-order valence-electron chi connectivity index (χ1n) is 7.28. The number of para-hydroxylation sites is 1. The van der Waals surface area contributed by atoms with E-state index in [0.29, 0.717) is 0 Å². The largest absolute Gasteiger partial charge is 0.347 e. The van der Waals surface area contributed by atoms with E-state index in [4.69, 9.17) is 0 Å². The number of rotatable bonds is 4. The van der Waals surface area contributed by atoms with Crippen LogP contribution in [0.1, 0.15) is 31.1 Å². The number of benzene rings is 2. The van der Waals surface area contributed by atoms with Crippen molar-refractivity contribution in [2.24, 2.45) is 0 Å². The summed E-state index contributed by atoms with van der Waals surface area (Å²) in [6.07, 6.45) is 0. The molecule has 0 aromatic heterocycles. The molecule has 0 unspecified atom stereocenters. The zero-order valence-corrected chi connectivity index (χ0v) is 14.4. The third-order valence-corrected chi connectivity index (χ3v) is 4.38. The third-order valence-electron chi connectivity index (χ3n) is 3.01. The van der Waals surface area contributed by atoms with Crippen molar-refractivity contribution in [1.29, 1.82) is 0 Å². The smallest absolute Gasteiger partial charge is 0.262 e. The number of hydrogen-bond acceptors (Lipinski definition) is 3. The summed E-state index contributed by atoms with van der Waals surface area (Å²) in [5.41, 5.74) is -0.388. The normalized spacial score (nSPS) is 11.8. The molecule has 1 amide bonds. The van der Waals surface area contributed by atoms with E-state index in [9.17, 15) is 17.6 Å². The van der Waals surface area contributed by atoms with Gasteiger partial charge >= 0.3 is 0 Å². The molecule has 0 radical (unpaired) electrons. The zero-order valence-electron chi connectivity index (χ0n) is 13.6. The first kappa shape index (κ1) is 17.9. The highest BCUT2D eigenvalue weighted by molar-refractivity contribution is 7.92. The number of anilines is 1. The van der Waals surface area contributed by atoms with Gasteiger partial charge < -0.3 is 5.32 Å². The van der Waals surface area contributed by atoms with Crippen molar-refractivity contribution in [3.63, 3.8) is 0 Å². The quantitative estimate of drug-likeness (QED) is 0.889. The van der Waals surface area contributed by atoms with Crippen molar-refractivity contribution in [2.45, 2.75) is 31.2 Å². The predicted molar refractivity (Wildman–Crippen MR) is 90.9 cm³/mol. The number of carbonyl (C=O) groups excluding carboxylic acids is 1. The third kappa shape index (κ3) is 4.55. The molecule has 2 aromatic rings. The predicted octanol–water partition coefficient (Wildman–Crippen LogP) is 3.15. The van der Waals surface area contributed by atoms with Crippen LogP contribution in [0.5, 0.6) is 0 Å². The molecule has 2 rings (SSSR count). The highest BCUT2D eigenvalue weighted by atomic mass is 32.2. The van der Waals surface area contributed by atoms with Gasteiger partial charge in [-0.05, 0) is 51.1 Å². The van der Waals surface area contributed by atoms with Crippen molar-refractivity contribution in [3.8, 4) is 0 Å². The minimum atomic E-state index is -4.01. The van der Waals surface area contributed by atoms with Crippen molar-refractivity contribution in [2.75, 3.05) is 4.72 Å². The molecule has 128 valence electrons. The van der Waals surface area contributed by atoms with E-state index in [-0.39, 0.29) is 22.1 Å². The Morgan fingerprint density at radius 3 is 2.33 bits per heavy atom. The van der Waals surface area contributed by atoms with Gasteiger partial charge in [-0.3, -0.25) is 9.52 Å². The molecule has 5 nitrogen and oxygen atoms in total. The van der Waals surface area contributed by atoms with Gasteiger partial charge in [-0.2, -0.15) is 0 Å². The summed E-state index contributed by atoms with van der Waals surface area (Å²) in [5, 5.41) is 2.76. The number of hydrogen-bond donors (Lipinski definition) is 2. The Kier molecular flexibility index (Phi) is 4.94. The molecule has 2 N–H and O–H groups in total. The molecule has 0 saturated carbocycles. The second-order valence-electron chi connectivity index (χ2n) is 6.32. The van der Waals surface area contributed by atoms with Gasteiger partial charge in [0.25, 0.3) is 15.9 Å². The highest BCUT2D eigenvalue weighted by Gasteiger charge is 2.20. The number of amides is 1. The summed E-state index contributed by atoms with van der Waals surface area (Å²) in [5.74, 6) is -1.06. The second kappa shape index (κ2) is 6.60. The standard InChI is InChI=1S/C17H19FN2O3S/c1-17(2,3)19-16(21)12-7-6-8-13(11-12)24(22,23)20-15-10-5-4-9-14(15)18/h4-11,20H,1-3H3,(H,19,21). The lowest BCUT2D eigenvalue weighted by atomic mass is 10.1. The SMILES string of the molecule is CC(C)(C)NC(=O)c1cccc(S(=O)(=O)Nc2ccccc2F)c1. The maximum Gasteiger partial charge on any atom is 0.262 e. The van der Waals surface area contributed by atoms with Crippen molar-refractivity contribution < 1.29 is 17.6 Å². The van der Waals surface area contributed by atoms with E-state index < -0.39 is 21.4 Å². The van der Waals surface area contributed by atoms with Crippen LogP contribution < -0.4 is 10.0 Å². The molecule has 0 aliphatic heterocycles. The summed E-state index contributed by atoms with van der Waals surface area (Å²) in [6.45, 7) is 5.47. The molecule has 0 bridgehead atoms. The molecule has 0 atom stereocenters. The number of carbonyl (C=O) groups is 1.